The number of hydrogen-bond donors (Lipinski definition) is 0. The van der Waals surface area contributed by atoms with Crippen molar-refractivity contribution in [2.24, 2.45) is 0 Å². The van der Waals surface area contributed by atoms with Gasteiger partial charge in [0, 0.05) is 58.1 Å². The molecule has 0 atom stereocenters. The molecule has 0 radical (unpaired) electrons. The van der Waals surface area contributed by atoms with Gasteiger partial charge in [0.05, 0.1) is 11.9 Å². The van der Waals surface area contributed by atoms with Crippen LogP contribution in [0.25, 0.3) is 11.8 Å². The maximum atomic E-state index is 12.4. The highest BCUT2D eigenvalue weighted by molar-refractivity contribution is 5.92. The van der Waals surface area contributed by atoms with E-state index in [2.05, 4.69) is 5.10 Å². The molecular formula is C19H23N5O2. The van der Waals surface area contributed by atoms with Crippen LogP contribution in [0.5, 0.6) is 0 Å². The van der Waals surface area contributed by atoms with E-state index in [1.807, 2.05) is 36.5 Å². The van der Waals surface area contributed by atoms with Crippen molar-refractivity contribution in [2.45, 2.75) is 0 Å². The van der Waals surface area contributed by atoms with E-state index in [0.29, 0.717) is 26.2 Å². The Bertz CT molecular complexity index is 789. The number of aromatic nitrogens is 2. The molecule has 7 heteroatoms. The molecule has 1 fully saturated rings. The summed E-state index contributed by atoms with van der Waals surface area (Å²) in [5.41, 5.74) is 1.84. The van der Waals surface area contributed by atoms with Crippen LogP contribution in [0.4, 0.5) is 4.79 Å². The number of para-hydroxylation sites is 1. The Morgan fingerprint density at radius 2 is 1.69 bits per heavy atom. The van der Waals surface area contributed by atoms with Crippen molar-refractivity contribution in [3.63, 3.8) is 0 Å². The predicted octanol–water partition coefficient (Wildman–Crippen LogP) is 1.71. The van der Waals surface area contributed by atoms with Gasteiger partial charge in [0.15, 0.2) is 0 Å². The summed E-state index contributed by atoms with van der Waals surface area (Å²) < 4.78 is 1.77. The Labute approximate surface area is 153 Å². The van der Waals surface area contributed by atoms with E-state index in [9.17, 15) is 9.59 Å². The van der Waals surface area contributed by atoms with E-state index >= 15 is 0 Å². The number of carbonyl (C=O) groups is 2. The quantitative estimate of drug-likeness (QED) is 0.789. The number of hydrogen-bond acceptors (Lipinski definition) is 3. The van der Waals surface area contributed by atoms with Gasteiger partial charge in [-0.15, -0.1) is 0 Å². The monoisotopic (exact) mass is 353 g/mol. The number of nitrogens with zero attached hydrogens (tertiary/aromatic N) is 5. The van der Waals surface area contributed by atoms with Gasteiger partial charge in [-0.25, -0.2) is 9.48 Å². The smallest absolute Gasteiger partial charge is 0.319 e. The molecule has 0 saturated carbocycles. The Morgan fingerprint density at radius 3 is 2.35 bits per heavy atom. The molecule has 26 heavy (non-hydrogen) atoms. The van der Waals surface area contributed by atoms with E-state index in [0.717, 1.165) is 11.3 Å². The first-order valence-electron chi connectivity index (χ1n) is 8.58. The molecule has 3 rings (SSSR count). The van der Waals surface area contributed by atoms with Gasteiger partial charge in [-0.1, -0.05) is 18.2 Å². The molecule has 7 nitrogen and oxygen atoms in total. The molecule has 2 aromatic rings. The summed E-state index contributed by atoms with van der Waals surface area (Å²) >= 11 is 0. The number of amides is 3. The Hall–Kier alpha value is -3.09. The van der Waals surface area contributed by atoms with E-state index in [1.54, 1.807) is 51.8 Å². The van der Waals surface area contributed by atoms with Gasteiger partial charge in [-0.2, -0.15) is 5.10 Å². The van der Waals surface area contributed by atoms with Crippen LogP contribution in [0.2, 0.25) is 0 Å². The SMILES string of the molecule is CN(C)C(=O)N1CCN(C(=O)/C=C/c2cnn(-c3ccccc3)c2)CC1. The predicted molar refractivity (Wildman–Crippen MR) is 99.8 cm³/mol. The molecule has 0 spiro atoms. The fourth-order valence-corrected chi connectivity index (χ4v) is 2.82. The molecule has 1 aromatic heterocycles. The molecule has 2 heterocycles. The molecule has 0 N–H and O–H groups in total. The van der Waals surface area contributed by atoms with E-state index in [4.69, 9.17) is 0 Å². The Balaban J connectivity index is 1.56. The van der Waals surface area contributed by atoms with Gasteiger partial charge in [0.1, 0.15) is 0 Å². The zero-order valence-corrected chi connectivity index (χ0v) is 15.1. The van der Waals surface area contributed by atoms with Gasteiger partial charge < -0.3 is 14.7 Å². The summed E-state index contributed by atoms with van der Waals surface area (Å²) in [5, 5.41) is 4.31. The molecule has 0 unspecified atom stereocenters. The van der Waals surface area contributed by atoms with Gasteiger partial charge in [-0.3, -0.25) is 4.79 Å². The van der Waals surface area contributed by atoms with Crippen molar-refractivity contribution in [3.8, 4) is 5.69 Å². The zero-order valence-electron chi connectivity index (χ0n) is 15.1. The summed E-state index contributed by atoms with van der Waals surface area (Å²) in [7, 11) is 3.47. The van der Waals surface area contributed by atoms with Crippen LogP contribution in [0.3, 0.4) is 0 Å². The summed E-state index contributed by atoms with van der Waals surface area (Å²) in [4.78, 5) is 29.4. The highest BCUT2D eigenvalue weighted by atomic mass is 16.2. The number of urea groups is 1. The van der Waals surface area contributed by atoms with E-state index in [1.165, 1.54) is 0 Å². The van der Waals surface area contributed by atoms with Crippen LogP contribution in [0.15, 0.2) is 48.8 Å². The van der Waals surface area contributed by atoms with Crippen molar-refractivity contribution in [2.75, 3.05) is 40.3 Å². The topological polar surface area (TPSA) is 61.7 Å². The summed E-state index contributed by atoms with van der Waals surface area (Å²) in [6.07, 6.45) is 6.94. The molecule has 1 aliphatic rings. The average Bonchev–Trinajstić information content (AvgIpc) is 3.15. The lowest BCUT2D eigenvalue weighted by Crippen LogP contribution is -2.52. The van der Waals surface area contributed by atoms with Gasteiger partial charge in [-0.05, 0) is 18.2 Å². The molecular weight excluding hydrogens is 330 g/mol. The van der Waals surface area contributed by atoms with Crippen molar-refractivity contribution < 1.29 is 9.59 Å². The molecule has 0 aliphatic carbocycles. The minimum atomic E-state index is -0.0468. The lowest BCUT2D eigenvalue weighted by Gasteiger charge is -2.35. The first-order chi connectivity index (χ1) is 12.5. The van der Waals surface area contributed by atoms with Crippen LogP contribution < -0.4 is 0 Å². The third kappa shape index (κ3) is 4.11. The normalized spacial score (nSPS) is 14.7. The third-order valence-electron chi connectivity index (χ3n) is 4.29. The van der Waals surface area contributed by atoms with Crippen LogP contribution in [0.1, 0.15) is 5.56 Å². The maximum absolute atomic E-state index is 12.4. The van der Waals surface area contributed by atoms with Crippen molar-refractivity contribution in [3.05, 3.63) is 54.4 Å². The Kier molecular flexibility index (Phi) is 5.36. The van der Waals surface area contributed by atoms with E-state index in [-0.39, 0.29) is 11.9 Å². The number of carbonyl (C=O) groups excluding carboxylic acids is 2. The molecule has 1 saturated heterocycles. The van der Waals surface area contributed by atoms with Gasteiger partial charge in [0.25, 0.3) is 0 Å². The second kappa shape index (κ2) is 7.86. The first kappa shape index (κ1) is 17.7. The fraction of sp³-hybridized carbons (Fsp3) is 0.316. The Morgan fingerprint density at radius 1 is 1.04 bits per heavy atom. The molecule has 0 bridgehead atoms. The van der Waals surface area contributed by atoms with Crippen LogP contribution in [0, 0.1) is 0 Å². The van der Waals surface area contributed by atoms with Crippen LogP contribution in [-0.2, 0) is 4.79 Å². The third-order valence-corrected chi connectivity index (χ3v) is 4.29. The minimum absolute atomic E-state index is 0.0130. The first-order valence-corrected chi connectivity index (χ1v) is 8.58. The second-order valence-corrected chi connectivity index (χ2v) is 6.38. The maximum Gasteiger partial charge on any atom is 0.319 e. The summed E-state index contributed by atoms with van der Waals surface area (Å²) in [6.45, 7) is 2.21. The number of rotatable bonds is 3. The van der Waals surface area contributed by atoms with Gasteiger partial charge in [0.2, 0.25) is 5.91 Å². The molecule has 136 valence electrons. The minimum Gasteiger partial charge on any atom is -0.336 e. The second-order valence-electron chi connectivity index (χ2n) is 6.38. The lowest BCUT2D eigenvalue weighted by molar-refractivity contribution is -0.127. The largest absolute Gasteiger partial charge is 0.336 e. The van der Waals surface area contributed by atoms with Crippen LogP contribution >= 0.6 is 0 Å². The van der Waals surface area contributed by atoms with Crippen LogP contribution in [-0.4, -0.2) is 76.7 Å². The van der Waals surface area contributed by atoms with Gasteiger partial charge >= 0.3 is 6.03 Å². The van der Waals surface area contributed by atoms with E-state index < -0.39 is 0 Å². The average molecular weight is 353 g/mol. The van der Waals surface area contributed by atoms with Crippen molar-refractivity contribution in [1.82, 2.24) is 24.5 Å². The fourth-order valence-electron chi connectivity index (χ4n) is 2.82. The summed E-state index contributed by atoms with van der Waals surface area (Å²) in [5.74, 6) is -0.0468. The molecule has 3 amide bonds. The zero-order chi connectivity index (χ0) is 18.5. The number of benzene rings is 1. The molecule has 1 aliphatic heterocycles. The highest BCUT2D eigenvalue weighted by Gasteiger charge is 2.23. The standard InChI is InChI=1S/C19H23N5O2/c1-21(2)19(26)23-12-10-22(11-13-23)18(25)9-8-16-14-20-24(15-16)17-6-4-3-5-7-17/h3-9,14-15H,10-13H2,1-2H3/b9-8+. The number of piperazine rings is 1. The highest BCUT2D eigenvalue weighted by Crippen LogP contribution is 2.10. The lowest BCUT2D eigenvalue weighted by atomic mass is 10.2. The van der Waals surface area contributed by atoms with Crippen molar-refractivity contribution >= 4 is 18.0 Å². The van der Waals surface area contributed by atoms with Crippen molar-refractivity contribution in [1.29, 1.82) is 0 Å². The summed E-state index contributed by atoms with van der Waals surface area (Å²) in [6, 6.07) is 9.80. The molecule has 1 aromatic carbocycles.